The number of pyridine rings is 2. The topological polar surface area (TPSA) is 63.8 Å². The lowest BCUT2D eigenvalue weighted by Crippen LogP contribution is -2.08. The molecule has 0 amide bonds. The molecule has 4 heteroatoms. The lowest BCUT2D eigenvalue weighted by atomic mass is 10.1. The van der Waals surface area contributed by atoms with Gasteiger partial charge in [-0.25, -0.2) is 0 Å². The number of nitrogens with zero attached hydrogens (tertiary/aromatic N) is 2. The van der Waals surface area contributed by atoms with Crippen molar-refractivity contribution in [3.8, 4) is 0 Å². The van der Waals surface area contributed by atoms with Gasteiger partial charge in [-0.3, -0.25) is 9.97 Å². The van der Waals surface area contributed by atoms with Crippen LogP contribution in [0.5, 0.6) is 0 Å². The molecule has 0 saturated carbocycles. The second-order valence-electron chi connectivity index (χ2n) is 4.72. The molecule has 1 aromatic carbocycles. The van der Waals surface area contributed by atoms with Gasteiger partial charge in [0.2, 0.25) is 0 Å². The Morgan fingerprint density at radius 2 is 1.85 bits per heavy atom. The molecule has 0 bridgehead atoms. The molecule has 0 spiro atoms. The molecule has 3 aromatic rings. The summed E-state index contributed by atoms with van der Waals surface area (Å²) in [7, 11) is 0. The van der Waals surface area contributed by atoms with Gasteiger partial charge >= 0.3 is 0 Å². The third kappa shape index (κ3) is 2.28. The minimum atomic E-state index is 0.114. The van der Waals surface area contributed by atoms with E-state index in [0.717, 1.165) is 22.3 Å². The zero-order valence-corrected chi connectivity index (χ0v) is 11.2. The van der Waals surface area contributed by atoms with Gasteiger partial charge in [-0.05, 0) is 43.3 Å². The Labute approximate surface area is 117 Å². The maximum absolute atomic E-state index is 5.96. The molecule has 3 N–H and O–H groups in total. The van der Waals surface area contributed by atoms with Crippen LogP contribution in [0.3, 0.4) is 0 Å². The number of benzene rings is 1. The maximum Gasteiger partial charge on any atom is 0.0951 e. The SMILES string of the molecule is CC(Nc1ccc(N)c2ncccc12)c1ccccn1. The Morgan fingerprint density at radius 1 is 1.00 bits per heavy atom. The summed E-state index contributed by atoms with van der Waals surface area (Å²) in [4.78, 5) is 8.71. The fraction of sp³-hybridized carbons (Fsp3) is 0.125. The number of nitrogens with one attached hydrogen (secondary N) is 1. The highest BCUT2D eigenvalue weighted by molar-refractivity contribution is 5.98. The lowest BCUT2D eigenvalue weighted by molar-refractivity contribution is 0.841. The van der Waals surface area contributed by atoms with E-state index in [1.165, 1.54) is 0 Å². The number of fused-ring (bicyclic) bond motifs is 1. The van der Waals surface area contributed by atoms with Crippen LogP contribution in [-0.4, -0.2) is 9.97 Å². The van der Waals surface area contributed by atoms with Gasteiger partial charge in [-0.15, -0.1) is 0 Å². The van der Waals surface area contributed by atoms with E-state index in [-0.39, 0.29) is 6.04 Å². The maximum atomic E-state index is 5.96. The van der Waals surface area contributed by atoms with E-state index in [9.17, 15) is 0 Å². The molecule has 2 aromatic heterocycles. The summed E-state index contributed by atoms with van der Waals surface area (Å²) >= 11 is 0. The molecule has 100 valence electrons. The Kier molecular flexibility index (Phi) is 3.21. The van der Waals surface area contributed by atoms with Crippen LogP contribution in [0.15, 0.2) is 54.9 Å². The van der Waals surface area contributed by atoms with Gasteiger partial charge in [-0.1, -0.05) is 6.07 Å². The van der Waals surface area contributed by atoms with Crippen molar-refractivity contribution in [3.63, 3.8) is 0 Å². The van der Waals surface area contributed by atoms with Crippen molar-refractivity contribution in [2.75, 3.05) is 11.1 Å². The average molecular weight is 264 g/mol. The second-order valence-corrected chi connectivity index (χ2v) is 4.72. The third-order valence-corrected chi connectivity index (χ3v) is 3.30. The summed E-state index contributed by atoms with van der Waals surface area (Å²) in [6.07, 6.45) is 3.56. The molecule has 0 aliphatic rings. The van der Waals surface area contributed by atoms with E-state index in [0.29, 0.717) is 5.69 Å². The molecule has 1 unspecified atom stereocenters. The van der Waals surface area contributed by atoms with E-state index in [4.69, 9.17) is 5.73 Å². The lowest BCUT2D eigenvalue weighted by Gasteiger charge is -2.16. The van der Waals surface area contributed by atoms with Gasteiger partial charge in [0, 0.05) is 23.5 Å². The normalized spacial score (nSPS) is 12.2. The first kappa shape index (κ1) is 12.4. The standard InChI is InChI=1S/C16H16N4/c1-11(14-6-2-3-9-18-14)20-15-8-7-13(17)16-12(15)5-4-10-19-16/h2-11,20H,17H2,1H3. The summed E-state index contributed by atoms with van der Waals surface area (Å²) < 4.78 is 0. The second kappa shape index (κ2) is 5.17. The van der Waals surface area contributed by atoms with Crippen molar-refractivity contribution in [2.45, 2.75) is 13.0 Å². The van der Waals surface area contributed by atoms with Crippen molar-refractivity contribution in [3.05, 3.63) is 60.6 Å². The highest BCUT2D eigenvalue weighted by Crippen LogP contribution is 2.28. The minimum absolute atomic E-state index is 0.114. The Hall–Kier alpha value is -2.62. The molecule has 0 saturated heterocycles. The van der Waals surface area contributed by atoms with Gasteiger partial charge < -0.3 is 11.1 Å². The van der Waals surface area contributed by atoms with E-state index in [1.54, 1.807) is 12.4 Å². The van der Waals surface area contributed by atoms with Crippen LogP contribution >= 0.6 is 0 Å². The van der Waals surface area contributed by atoms with Crippen LogP contribution < -0.4 is 11.1 Å². The average Bonchev–Trinajstić information content (AvgIpc) is 2.51. The summed E-state index contributed by atoms with van der Waals surface area (Å²) in [6.45, 7) is 2.08. The quantitative estimate of drug-likeness (QED) is 0.712. The van der Waals surface area contributed by atoms with E-state index in [1.807, 2.05) is 42.5 Å². The molecule has 20 heavy (non-hydrogen) atoms. The van der Waals surface area contributed by atoms with Crippen LogP contribution in [0, 0.1) is 0 Å². The predicted molar refractivity (Wildman–Crippen MR) is 82.4 cm³/mol. The molecule has 0 fully saturated rings. The zero-order valence-electron chi connectivity index (χ0n) is 11.2. The van der Waals surface area contributed by atoms with Gasteiger partial charge in [0.15, 0.2) is 0 Å². The molecule has 2 heterocycles. The Balaban J connectivity index is 1.97. The summed E-state index contributed by atoms with van der Waals surface area (Å²) in [5, 5.41) is 4.49. The molecule has 0 aliphatic heterocycles. The van der Waals surface area contributed by atoms with Crippen LogP contribution in [0.1, 0.15) is 18.7 Å². The zero-order chi connectivity index (χ0) is 13.9. The molecule has 1 atom stereocenters. The first-order chi connectivity index (χ1) is 9.75. The first-order valence-corrected chi connectivity index (χ1v) is 6.56. The van der Waals surface area contributed by atoms with Crippen LogP contribution in [0.4, 0.5) is 11.4 Å². The number of hydrogen-bond acceptors (Lipinski definition) is 4. The van der Waals surface area contributed by atoms with Crippen molar-refractivity contribution in [2.24, 2.45) is 0 Å². The summed E-state index contributed by atoms with van der Waals surface area (Å²) in [6, 6.07) is 13.8. The van der Waals surface area contributed by atoms with E-state index in [2.05, 4.69) is 22.2 Å². The summed E-state index contributed by atoms with van der Waals surface area (Å²) in [5.41, 5.74) is 9.50. The van der Waals surface area contributed by atoms with Crippen molar-refractivity contribution < 1.29 is 0 Å². The van der Waals surface area contributed by atoms with Crippen LogP contribution in [0.2, 0.25) is 0 Å². The van der Waals surface area contributed by atoms with Crippen LogP contribution in [-0.2, 0) is 0 Å². The largest absolute Gasteiger partial charge is 0.397 e. The smallest absolute Gasteiger partial charge is 0.0951 e. The molecule has 4 nitrogen and oxygen atoms in total. The van der Waals surface area contributed by atoms with Gasteiger partial charge in [0.1, 0.15) is 0 Å². The predicted octanol–water partition coefficient (Wildman–Crippen LogP) is 3.39. The van der Waals surface area contributed by atoms with Gasteiger partial charge in [-0.2, -0.15) is 0 Å². The number of hydrogen-bond donors (Lipinski definition) is 2. The van der Waals surface area contributed by atoms with Gasteiger partial charge in [0.05, 0.1) is 22.9 Å². The molecule has 0 radical (unpaired) electrons. The Morgan fingerprint density at radius 3 is 2.65 bits per heavy atom. The fourth-order valence-corrected chi connectivity index (χ4v) is 2.26. The summed E-state index contributed by atoms with van der Waals surface area (Å²) in [5.74, 6) is 0. The van der Waals surface area contributed by atoms with E-state index >= 15 is 0 Å². The minimum Gasteiger partial charge on any atom is -0.397 e. The highest BCUT2D eigenvalue weighted by atomic mass is 14.9. The molecule has 0 aliphatic carbocycles. The van der Waals surface area contributed by atoms with E-state index < -0.39 is 0 Å². The van der Waals surface area contributed by atoms with Crippen molar-refractivity contribution in [1.82, 2.24) is 9.97 Å². The molecule has 3 rings (SSSR count). The monoisotopic (exact) mass is 264 g/mol. The number of aromatic nitrogens is 2. The number of nitrogen functional groups attached to an aromatic ring is 1. The number of anilines is 2. The van der Waals surface area contributed by atoms with Crippen LogP contribution in [0.25, 0.3) is 10.9 Å². The van der Waals surface area contributed by atoms with Gasteiger partial charge in [0.25, 0.3) is 0 Å². The third-order valence-electron chi connectivity index (χ3n) is 3.30. The molecular weight excluding hydrogens is 248 g/mol. The Bertz CT molecular complexity index is 725. The highest BCUT2D eigenvalue weighted by Gasteiger charge is 2.09. The first-order valence-electron chi connectivity index (χ1n) is 6.56. The molecular formula is C16H16N4. The van der Waals surface area contributed by atoms with Crippen molar-refractivity contribution >= 4 is 22.3 Å². The number of nitrogens with two attached hydrogens (primary N) is 1. The fourth-order valence-electron chi connectivity index (χ4n) is 2.26. The number of rotatable bonds is 3. The van der Waals surface area contributed by atoms with Crippen molar-refractivity contribution in [1.29, 1.82) is 0 Å².